The highest BCUT2D eigenvalue weighted by Gasteiger charge is 2.17. The predicted molar refractivity (Wildman–Crippen MR) is 85.0 cm³/mol. The lowest BCUT2D eigenvalue weighted by molar-refractivity contribution is 0.101. The second-order valence-electron chi connectivity index (χ2n) is 5.88. The molecular weight excluding hydrogens is 300 g/mol. The van der Waals surface area contributed by atoms with E-state index in [0.717, 1.165) is 31.2 Å². The first-order valence-electron chi connectivity index (χ1n) is 7.51. The average Bonchev–Trinajstić information content (AvgIpc) is 3.11. The maximum atomic E-state index is 12.0. The average molecular weight is 320 g/mol. The van der Waals surface area contributed by atoms with E-state index in [-0.39, 0.29) is 11.6 Å². The van der Waals surface area contributed by atoms with E-state index in [4.69, 9.17) is 4.52 Å². The molecule has 0 atom stereocenters. The predicted octanol–water partition coefficient (Wildman–Crippen LogP) is 2.92. The van der Waals surface area contributed by atoms with Gasteiger partial charge in [0.05, 0.1) is 5.69 Å². The summed E-state index contributed by atoms with van der Waals surface area (Å²) in [6, 6.07) is 1.61. The largest absolute Gasteiger partial charge is 0.361 e. The van der Waals surface area contributed by atoms with Gasteiger partial charge in [-0.15, -0.1) is 11.3 Å². The van der Waals surface area contributed by atoms with Crippen molar-refractivity contribution in [3.63, 3.8) is 0 Å². The molecular formula is C15H20N4O2S. The fourth-order valence-corrected chi connectivity index (χ4v) is 3.22. The first kappa shape index (κ1) is 15.2. The zero-order valence-electron chi connectivity index (χ0n) is 12.8. The number of thiazole rings is 1. The van der Waals surface area contributed by atoms with Crippen molar-refractivity contribution in [1.82, 2.24) is 15.0 Å². The molecule has 1 amide bonds. The van der Waals surface area contributed by atoms with Gasteiger partial charge in [0, 0.05) is 18.0 Å². The Morgan fingerprint density at radius 3 is 2.95 bits per heavy atom. The van der Waals surface area contributed by atoms with Gasteiger partial charge in [-0.2, -0.15) is 0 Å². The number of amides is 1. The third kappa shape index (κ3) is 3.72. The van der Waals surface area contributed by atoms with Gasteiger partial charge in [0.25, 0.3) is 5.91 Å². The Hall–Kier alpha value is -1.73. The van der Waals surface area contributed by atoms with E-state index in [9.17, 15) is 4.79 Å². The fraction of sp³-hybridized carbons (Fsp3) is 0.533. The van der Waals surface area contributed by atoms with Gasteiger partial charge in [-0.05, 0) is 38.8 Å². The Labute approximate surface area is 133 Å². The van der Waals surface area contributed by atoms with Crippen LogP contribution in [0.2, 0.25) is 0 Å². The van der Waals surface area contributed by atoms with E-state index in [2.05, 4.69) is 27.3 Å². The molecule has 3 heterocycles. The van der Waals surface area contributed by atoms with Gasteiger partial charge in [-0.25, -0.2) is 4.98 Å². The van der Waals surface area contributed by atoms with Gasteiger partial charge in [0.1, 0.15) is 5.76 Å². The van der Waals surface area contributed by atoms with E-state index in [1.165, 1.54) is 24.2 Å². The van der Waals surface area contributed by atoms with Gasteiger partial charge in [0.2, 0.25) is 0 Å². The summed E-state index contributed by atoms with van der Waals surface area (Å²) in [5.74, 6) is 1.15. The number of nitrogens with zero attached hydrogens (tertiary/aromatic N) is 3. The number of aryl methyl sites for hydroxylation is 1. The van der Waals surface area contributed by atoms with Crippen LogP contribution in [0.15, 0.2) is 16.0 Å². The maximum Gasteiger partial charge on any atom is 0.279 e. The molecule has 1 aliphatic heterocycles. The molecule has 22 heavy (non-hydrogen) atoms. The number of hydrogen-bond acceptors (Lipinski definition) is 6. The van der Waals surface area contributed by atoms with Crippen molar-refractivity contribution in [2.24, 2.45) is 5.92 Å². The maximum absolute atomic E-state index is 12.0. The number of carbonyl (C=O) groups is 1. The van der Waals surface area contributed by atoms with Gasteiger partial charge in [0.15, 0.2) is 10.8 Å². The van der Waals surface area contributed by atoms with Crippen molar-refractivity contribution < 1.29 is 9.32 Å². The fourth-order valence-electron chi connectivity index (χ4n) is 2.52. The summed E-state index contributed by atoms with van der Waals surface area (Å²) in [6.07, 6.45) is 2.50. The SMILES string of the molecule is Cc1cc(C(=O)Nc2nc(CN3CCC(C)CC3)cs2)no1. The van der Waals surface area contributed by atoms with Gasteiger partial charge >= 0.3 is 0 Å². The number of carbonyl (C=O) groups excluding carboxylic acids is 1. The Bertz CT molecular complexity index is 644. The van der Waals surface area contributed by atoms with Gasteiger partial charge in [-0.3, -0.25) is 15.0 Å². The molecule has 3 rings (SSSR count). The normalized spacial score (nSPS) is 16.8. The first-order chi connectivity index (χ1) is 10.6. The van der Waals surface area contributed by atoms with Crippen molar-refractivity contribution in [3.05, 3.63) is 28.6 Å². The molecule has 1 aliphatic rings. The number of nitrogens with one attached hydrogen (secondary N) is 1. The summed E-state index contributed by atoms with van der Waals surface area (Å²) < 4.78 is 4.90. The number of hydrogen-bond donors (Lipinski definition) is 1. The van der Waals surface area contributed by atoms with E-state index >= 15 is 0 Å². The van der Waals surface area contributed by atoms with Crippen LogP contribution in [0, 0.1) is 12.8 Å². The molecule has 0 aliphatic carbocycles. The molecule has 6 nitrogen and oxygen atoms in total. The van der Waals surface area contributed by atoms with Crippen molar-refractivity contribution >= 4 is 22.4 Å². The van der Waals surface area contributed by atoms with Crippen LogP contribution in [-0.4, -0.2) is 34.0 Å². The van der Waals surface area contributed by atoms with E-state index in [0.29, 0.717) is 10.9 Å². The van der Waals surface area contributed by atoms with Crippen LogP contribution >= 0.6 is 11.3 Å². The van der Waals surface area contributed by atoms with Crippen LogP contribution < -0.4 is 5.32 Å². The molecule has 0 saturated carbocycles. The third-order valence-corrected chi connectivity index (χ3v) is 4.70. The second-order valence-corrected chi connectivity index (χ2v) is 6.74. The highest BCUT2D eigenvalue weighted by molar-refractivity contribution is 7.13. The van der Waals surface area contributed by atoms with E-state index in [1.807, 2.05) is 5.38 Å². The molecule has 0 unspecified atom stereocenters. The lowest BCUT2D eigenvalue weighted by atomic mass is 9.99. The molecule has 1 N–H and O–H groups in total. The molecule has 1 saturated heterocycles. The minimum absolute atomic E-state index is 0.277. The van der Waals surface area contributed by atoms with Crippen molar-refractivity contribution in [2.45, 2.75) is 33.2 Å². The van der Waals surface area contributed by atoms with Gasteiger partial charge < -0.3 is 4.52 Å². The summed E-state index contributed by atoms with van der Waals surface area (Å²) >= 11 is 1.44. The van der Waals surface area contributed by atoms with Crippen molar-refractivity contribution in [2.75, 3.05) is 18.4 Å². The molecule has 0 bridgehead atoms. The molecule has 0 spiro atoms. The molecule has 2 aromatic heterocycles. The van der Waals surface area contributed by atoms with Gasteiger partial charge in [-0.1, -0.05) is 12.1 Å². The Morgan fingerprint density at radius 2 is 2.27 bits per heavy atom. The quantitative estimate of drug-likeness (QED) is 0.938. The van der Waals surface area contributed by atoms with Crippen LogP contribution in [0.25, 0.3) is 0 Å². The first-order valence-corrected chi connectivity index (χ1v) is 8.39. The van der Waals surface area contributed by atoms with E-state index in [1.54, 1.807) is 13.0 Å². The van der Waals surface area contributed by atoms with Crippen molar-refractivity contribution in [1.29, 1.82) is 0 Å². The Kier molecular flexibility index (Phi) is 4.54. The van der Waals surface area contributed by atoms with E-state index < -0.39 is 0 Å². The zero-order valence-corrected chi connectivity index (χ0v) is 13.7. The minimum Gasteiger partial charge on any atom is -0.361 e. The second kappa shape index (κ2) is 6.58. The lowest BCUT2D eigenvalue weighted by Crippen LogP contribution is -2.32. The summed E-state index contributed by atoms with van der Waals surface area (Å²) in [5, 5.41) is 9.07. The smallest absolute Gasteiger partial charge is 0.279 e. The van der Waals surface area contributed by atoms with Crippen LogP contribution in [0.4, 0.5) is 5.13 Å². The molecule has 2 aromatic rings. The summed E-state index contributed by atoms with van der Waals surface area (Å²) in [4.78, 5) is 18.9. The standard InChI is InChI=1S/C15H20N4O2S/c1-10-3-5-19(6-4-10)8-12-9-22-15(16-12)17-14(20)13-7-11(2)21-18-13/h7,9-10H,3-6,8H2,1-2H3,(H,16,17,20). The van der Waals surface area contributed by atoms with Crippen LogP contribution in [0.3, 0.4) is 0 Å². The van der Waals surface area contributed by atoms with Crippen LogP contribution in [0.5, 0.6) is 0 Å². The Morgan fingerprint density at radius 1 is 1.50 bits per heavy atom. The third-order valence-electron chi connectivity index (χ3n) is 3.89. The number of anilines is 1. The topological polar surface area (TPSA) is 71.3 Å². The number of aromatic nitrogens is 2. The minimum atomic E-state index is -0.287. The molecule has 7 heteroatoms. The highest BCUT2D eigenvalue weighted by atomic mass is 32.1. The zero-order chi connectivity index (χ0) is 15.5. The molecule has 0 radical (unpaired) electrons. The molecule has 118 valence electrons. The molecule has 1 fully saturated rings. The lowest BCUT2D eigenvalue weighted by Gasteiger charge is -2.29. The molecule has 0 aromatic carbocycles. The number of rotatable bonds is 4. The van der Waals surface area contributed by atoms with Crippen molar-refractivity contribution in [3.8, 4) is 0 Å². The summed E-state index contributed by atoms with van der Waals surface area (Å²) in [7, 11) is 0. The highest BCUT2D eigenvalue weighted by Crippen LogP contribution is 2.21. The number of likely N-dealkylation sites (tertiary alicyclic amines) is 1. The Balaban J connectivity index is 1.56. The monoisotopic (exact) mass is 320 g/mol. The van der Waals surface area contributed by atoms with Crippen LogP contribution in [-0.2, 0) is 6.54 Å². The summed E-state index contributed by atoms with van der Waals surface area (Å²) in [6.45, 7) is 7.16. The summed E-state index contributed by atoms with van der Waals surface area (Å²) in [5.41, 5.74) is 1.28. The van der Waals surface area contributed by atoms with Crippen LogP contribution in [0.1, 0.15) is 41.7 Å². The number of piperidine rings is 1.